The van der Waals surface area contributed by atoms with Crippen LogP contribution in [0.5, 0.6) is 0 Å². The van der Waals surface area contributed by atoms with Crippen molar-refractivity contribution in [2.45, 2.75) is 25.2 Å². The molecular weight excluding hydrogens is 362 g/mol. The summed E-state index contributed by atoms with van der Waals surface area (Å²) in [6.07, 6.45) is 0.735. The van der Waals surface area contributed by atoms with Crippen molar-refractivity contribution in [3.63, 3.8) is 0 Å². The number of thiophene rings is 1. The number of aromatic nitrogens is 1. The van der Waals surface area contributed by atoms with Gasteiger partial charge in [0.05, 0.1) is 17.2 Å². The summed E-state index contributed by atoms with van der Waals surface area (Å²) in [5, 5.41) is 1.22. The molecule has 0 fully saturated rings. The quantitative estimate of drug-likeness (QED) is 0.284. The Hall–Kier alpha value is -2.08. The zero-order valence-electron chi connectivity index (χ0n) is 14.7. The molecule has 0 aliphatic carbocycles. The molecule has 4 rings (SSSR count). The normalized spacial score (nSPS) is 11.3. The lowest BCUT2D eigenvalue weighted by Gasteiger charge is -2.02. The Labute approximate surface area is 161 Å². The minimum absolute atomic E-state index is 0.595. The number of fused-ring (bicyclic) bond motifs is 1. The van der Waals surface area contributed by atoms with E-state index in [9.17, 15) is 0 Å². The van der Waals surface area contributed by atoms with Crippen LogP contribution in [0.2, 0.25) is 0 Å². The first-order chi connectivity index (χ1) is 12.7. The van der Waals surface area contributed by atoms with Crippen LogP contribution in [-0.4, -0.2) is 11.6 Å². The molecule has 0 atom stereocenters. The average molecular weight is 382 g/mol. The number of hydrogen-bond acceptors (Lipinski definition) is 5. The average Bonchev–Trinajstić information content (AvgIpc) is 3.24. The van der Waals surface area contributed by atoms with E-state index in [4.69, 9.17) is 8.60 Å². The van der Waals surface area contributed by atoms with E-state index in [1.807, 2.05) is 13.0 Å². The summed E-state index contributed by atoms with van der Waals surface area (Å²) in [4.78, 5) is 6.86. The summed E-state index contributed by atoms with van der Waals surface area (Å²) >= 11 is 3.11. The van der Waals surface area contributed by atoms with Crippen LogP contribution >= 0.6 is 23.4 Å². The number of oxazole rings is 1. The lowest BCUT2D eigenvalue weighted by atomic mass is 10.2. The maximum absolute atomic E-state index is 5.90. The lowest BCUT2D eigenvalue weighted by Crippen LogP contribution is -1.95. The van der Waals surface area contributed by atoms with E-state index >= 15 is 0 Å². The summed E-state index contributed by atoms with van der Waals surface area (Å²) in [7, 11) is 0. The van der Waals surface area contributed by atoms with Crippen LogP contribution in [0.1, 0.15) is 17.0 Å². The highest BCUT2D eigenvalue weighted by Gasteiger charge is 2.14. The fourth-order valence-electron chi connectivity index (χ4n) is 2.69. The molecule has 0 unspecified atom stereocenters. The van der Waals surface area contributed by atoms with Gasteiger partial charge in [-0.05, 0) is 43.5 Å². The fourth-order valence-corrected chi connectivity index (χ4v) is 4.23. The highest BCUT2D eigenvalue weighted by Crippen LogP contribution is 2.33. The molecule has 2 aromatic carbocycles. The van der Waals surface area contributed by atoms with Crippen LogP contribution in [0.4, 0.5) is 0 Å². The van der Waals surface area contributed by atoms with Crippen LogP contribution in [0.25, 0.3) is 20.9 Å². The van der Waals surface area contributed by atoms with Gasteiger partial charge in [-0.25, -0.2) is 4.98 Å². The van der Waals surface area contributed by atoms with Crippen molar-refractivity contribution in [3.8, 4) is 10.8 Å². The third-order valence-corrected chi connectivity index (χ3v) is 5.98. The molecule has 0 amide bonds. The first-order valence-corrected chi connectivity index (χ1v) is 10.1. The zero-order valence-corrected chi connectivity index (χ0v) is 16.3. The van der Waals surface area contributed by atoms with Crippen LogP contribution in [0.3, 0.4) is 0 Å². The predicted octanol–water partition coefficient (Wildman–Crippen LogP) is 6.44. The SMILES string of the molecule is Cc1ccc(SOCCc2nc(-c3cc4ccccc4s3)oc2C)cc1. The molecule has 5 heteroatoms. The summed E-state index contributed by atoms with van der Waals surface area (Å²) in [6.45, 7) is 4.64. The molecule has 0 aliphatic rings. The van der Waals surface area contributed by atoms with Crippen molar-refractivity contribution < 1.29 is 8.60 Å². The molecule has 0 radical (unpaired) electrons. The number of benzene rings is 2. The van der Waals surface area contributed by atoms with Gasteiger partial charge >= 0.3 is 0 Å². The summed E-state index contributed by atoms with van der Waals surface area (Å²) in [6, 6.07) is 18.8. The lowest BCUT2D eigenvalue weighted by molar-refractivity contribution is 0.376. The second kappa shape index (κ2) is 7.66. The topological polar surface area (TPSA) is 35.3 Å². The number of nitrogens with zero attached hydrogens (tertiary/aromatic N) is 1. The second-order valence-corrected chi connectivity index (χ2v) is 8.10. The van der Waals surface area contributed by atoms with Crippen LogP contribution in [0, 0.1) is 13.8 Å². The molecule has 2 heterocycles. The van der Waals surface area contributed by atoms with E-state index < -0.39 is 0 Å². The van der Waals surface area contributed by atoms with Crippen molar-refractivity contribution in [2.75, 3.05) is 6.61 Å². The van der Waals surface area contributed by atoms with Crippen molar-refractivity contribution in [2.24, 2.45) is 0 Å². The maximum atomic E-state index is 5.90. The van der Waals surface area contributed by atoms with Gasteiger partial charge in [-0.3, -0.25) is 0 Å². The van der Waals surface area contributed by atoms with E-state index in [-0.39, 0.29) is 0 Å². The third-order valence-electron chi connectivity index (χ3n) is 4.13. The standard InChI is InChI=1S/C21H19NO2S2/c1-14-7-9-17(10-8-14)26-23-12-11-18-15(2)24-21(22-18)20-13-16-5-3-4-6-19(16)25-20/h3-10,13H,11-12H2,1-2H3. The van der Waals surface area contributed by atoms with E-state index in [1.54, 1.807) is 11.3 Å². The van der Waals surface area contributed by atoms with Gasteiger partial charge in [-0.1, -0.05) is 35.9 Å². The number of aryl methyl sites for hydroxylation is 2. The molecule has 2 aromatic heterocycles. The van der Waals surface area contributed by atoms with Crippen LogP contribution in [-0.2, 0) is 10.6 Å². The monoisotopic (exact) mass is 381 g/mol. The Kier molecular flexibility index (Phi) is 5.11. The summed E-state index contributed by atoms with van der Waals surface area (Å²) in [5.74, 6) is 1.56. The molecular formula is C21H19NO2S2. The molecule has 0 spiro atoms. The van der Waals surface area contributed by atoms with Gasteiger partial charge in [0.1, 0.15) is 5.76 Å². The third kappa shape index (κ3) is 3.85. The smallest absolute Gasteiger partial charge is 0.236 e. The minimum atomic E-state index is 0.595. The van der Waals surface area contributed by atoms with Crippen molar-refractivity contribution in [1.29, 1.82) is 0 Å². The minimum Gasteiger partial charge on any atom is -0.440 e. The van der Waals surface area contributed by atoms with Gasteiger partial charge in [0.25, 0.3) is 0 Å². The van der Waals surface area contributed by atoms with Crippen LogP contribution < -0.4 is 0 Å². The van der Waals surface area contributed by atoms with Gasteiger partial charge in [0.2, 0.25) is 5.89 Å². The Bertz CT molecular complexity index is 985. The van der Waals surface area contributed by atoms with E-state index in [0.717, 1.165) is 27.6 Å². The van der Waals surface area contributed by atoms with E-state index in [0.29, 0.717) is 12.5 Å². The van der Waals surface area contributed by atoms with Crippen molar-refractivity contribution >= 4 is 33.5 Å². The largest absolute Gasteiger partial charge is 0.440 e. The van der Waals surface area contributed by atoms with Crippen LogP contribution in [0.15, 0.2) is 63.9 Å². The first kappa shape index (κ1) is 17.3. The number of hydrogen-bond donors (Lipinski definition) is 0. The fraction of sp³-hybridized carbons (Fsp3) is 0.190. The Morgan fingerprint density at radius 2 is 1.88 bits per heavy atom. The maximum Gasteiger partial charge on any atom is 0.236 e. The predicted molar refractivity (Wildman–Crippen MR) is 109 cm³/mol. The summed E-state index contributed by atoms with van der Waals surface area (Å²) < 4.78 is 12.9. The molecule has 0 aliphatic heterocycles. The van der Waals surface area contributed by atoms with E-state index in [2.05, 4.69) is 60.4 Å². The molecule has 0 saturated carbocycles. The molecule has 4 aromatic rings. The molecule has 0 bridgehead atoms. The Morgan fingerprint density at radius 3 is 2.69 bits per heavy atom. The molecule has 0 N–H and O–H groups in total. The summed E-state index contributed by atoms with van der Waals surface area (Å²) in [5.41, 5.74) is 2.21. The van der Waals surface area contributed by atoms with E-state index in [1.165, 1.54) is 27.7 Å². The number of rotatable bonds is 6. The van der Waals surface area contributed by atoms with Gasteiger partial charge in [0, 0.05) is 28.1 Å². The highest BCUT2D eigenvalue weighted by atomic mass is 32.2. The van der Waals surface area contributed by atoms with Gasteiger partial charge in [0.15, 0.2) is 0 Å². The van der Waals surface area contributed by atoms with Gasteiger partial charge in [-0.15, -0.1) is 11.3 Å². The van der Waals surface area contributed by atoms with Crippen molar-refractivity contribution in [3.05, 3.63) is 71.6 Å². The zero-order chi connectivity index (χ0) is 17.9. The first-order valence-electron chi connectivity index (χ1n) is 8.50. The molecule has 0 saturated heterocycles. The van der Waals surface area contributed by atoms with Gasteiger partial charge < -0.3 is 8.60 Å². The highest BCUT2D eigenvalue weighted by molar-refractivity contribution is 7.94. The Balaban J connectivity index is 1.39. The molecule has 26 heavy (non-hydrogen) atoms. The second-order valence-electron chi connectivity index (χ2n) is 6.14. The molecule has 3 nitrogen and oxygen atoms in total. The molecule has 132 valence electrons. The van der Waals surface area contributed by atoms with Gasteiger partial charge in [-0.2, -0.15) is 0 Å². The van der Waals surface area contributed by atoms with Crippen molar-refractivity contribution in [1.82, 2.24) is 4.98 Å². The Morgan fingerprint density at radius 1 is 1.08 bits per heavy atom.